The topological polar surface area (TPSA) is 32.5 Å². The summed E-state index contributed by atoms with van der Waals surface area (Å²) in [4.78, 5) is 5.43. The standard InChI is InChI=1S/C17H25N3/c18-17-5-1-3-13-12-20(10-7-16(13)17)15-6-9-19-8-2-4-14(19)11-15/h1,3,5,14-15H,2,4,6-12,18H2. The Morgan fingerprint density at radius 3 is 2.85 bits per heavy atom. The van der Waals surface area contributed by atoms with E-state index in [4.69, 9.17) is 5.73 Å². The molecular weight excluding hydrogens is 246 g/mol. The highest BCUT2D eigenvalue weighted by Gasteiger charge is 2.35. The predicted molar refractivity (Wildman–Crippen MR) is 82.6 cm³/mol. The first-order chi connectivity index (χ1) is 9.81. The average molecular weight is 271 g/mol. The van der Waals surface area contributed by atoms with Crippen LogP contribution in [0.2, 0.25) is 0 Å². The summed E-state index contributed by atoms with van der Waals surface area (Å²) in [6.45, 7) is 4.96. The van der Waals surface area contributed by atoms with Crippen molar-refractivity contribution in [3.63, 3.8) is 0 Å². The Morgan fingerprint density at radius 2 is 1.90 bits per heavy atom. The second kappa shape index (κ2) is 5.05. The van der Waals surface area contributed by atoms with E-state index in [2.05, 4.69) is 21.9 Å². The molecule has 2 fully saturated rings. The Kier molecular flexibility index (Phi) is 3.20. The van der Waals surface area contributed by atoms with Gasteiger partial charge in [0.1, 0.15) is 0 Å². The molecule has 0 radical (unpaired) electrons. The molecule has 0 bridgehead atoms. The summed E-state index contributed by atoms with van der Waals surface area (Å²) in [7, 11) is 0. The minimum Gasteiger partial charge on any atom is -0.398 e. The number of nitrogens with zero attached hydrogens (tertiary/aromatic N) is 2. The van der Waals surface area contributed by atoms with E-state index in [9.17, 15) is 0 Å². The quantitative estimate of drug-likeness (QED) is 0.795. The van der Waals surface area contributed by atoms with Gasteiger partial charge in [-0.05, 0) is 62.4 Å². The molecule has 3 heteroatoms. The summed E-state index contributed by atoms with van der Waals surface area (Å²) in [6.07, 6.45) is 6.71. The van der Waals surface area contributed by atoms with Crippen LogP contribution in [0.3, 0.4) is 0 Å². The Balaban J connectivity index is 1.48. The van der Waals surface area contributed by atoms with E-state index in [1.807, 2.05) is 6.07 Å². The second-order valence-corrected chi connectivity index (χ2v) is 6.72. The SMILES string of the molecule is Nc1cccc2c1CCN(C1CCN3CCCC3C1)C2. The molecule has 0 aliphatic carbocycles. The van der Waals surface area contributed by atoms with Gasteiger partial charge in [-0.2, -0.15) is 0 Å². The molecule has 3 nitrogen and oxygen atoms in total. The highest BCUT2D eigenvalue weighted by atomic mass is 15.2. The summed E-state index contributed by atoms with van der Waals surface area (Å²) in [5, 5.41) is 0. The molecule has 2 N–H and O–H groups in total. The third-order valence-electron chi connectivity index (χ3n) is 5.64. The maximum absolute atomic E-state index is 6.11. The van der Waals surface area contributed by atoms with E-state index in [1.165, 1.54) is 56.4 Å². The van der Waals surface area contributed by atoms with Gasteiger partial charge in [-0.25, -0.2) is 0 Å². The van der Waals surface area contributed by atoms with Crippen molar-refractivity contribution in [2.24, 2.45) is 0 Å². The van der Waals surface area contributed by atoms with Gasteiger partial charge in [0.2, 0.25) is 0 Å². The van der Waals surface area contributed by atoms with Crippen LogP contribution in [0.25, 0.3) is 0 Å². The van der Waals surface area contributed by atoms with Gasteiger partial charge in [0, 0.05) is 30.9 Å². The van der Waals surface area contributed by atoms with Crippen molar-refractivity contribution in [1.29, 1.82) is 0 Å². The molecule has 1 aromatic rings. The predicted octanol–water partition coefficient (Wildman–Crippen LogP) is 2.25. The maximum atomic E-state index is 6.11. The van der Waals surface area contributed by atoms with Crippen LogP contribution < -0.4 is 5.73 Å². The van der Waals surface area contributed by atoms with Crippen molar-refractivity contribution in [1.82, 2.24) is 9.80 Å². The lowest BCUT2D eigenvalue weighted by atomic mass is 9.92. The second-order valence-electron chi connectivity index (χ2n) is 6.72. The molecule has 4 rings (SSSR count). The van der Waals surface area contributed by atoms with E-state index in [0.29, 0.717) is 0 Å². The molecule has 0 amide bonds. The largest absolute Gasteiger partial charge is 0.398 e. The monoisotopic (exact) mass is 271 g/mol. The molecule has 0 aromatic heterocycles. The van der Waals surface area contributed by atoms with Gasteiger partial charge in [-0.15, -0.1) is 0 Å². The summed E-state index contributed by atoms with van der Waals surface area (Å²) in [5.74, 6) is 0. The van der Waals surface area contributed by atoms with Crippen LogP contribution in [0.4, 0.5) is 5.69 Å². The third-order valence-corrected chi connectivity index (χ3v) is 5.64. The molecule has 20 heavy (non-hydrogen) atoms. The number of nitrogen functional groups attached to an aromatic ring is 1. The maximum Gasteiger partial charge on any atom is 0.0350 e. The molecule has 108 valence electrons. The van der Waals surface area contributed by atoms with Gasteiger partial charge < -0.3 is 10.6 Å². The molecule has 0 spiro atoms. The number of rotatable bonds is 1. The zero-order valence-corrected chi connectivity index (χ0v) is 12.2. The number of benzene rings is 1. The van der Waals surface area contributed by atoms with Crippen LogP contribution >= 0.6 is 0 Å². The van der Waals surface area contributed by atoms with Crippen LogP contribution in [0, 0.1) is 0 Å². The highest BCUT2D eigenvalue weighted by Crippen LogP contribution is 2.32. The minimum atomic E-state index is 0.795. The molecule has 3 aliphatic heterocycles. The molecular formula is C17H25N3. The van der Waals surface area contributed by atoms with Crippen molar-refractivity contribution in [3.8, 4) is 0 Å². The summed E-state index contributed by atoms with van der Waals surface area (Å²) >= 11 is 0. The normalized spacial score (nSPS) is 31.0. The van der Waals surface area contributed by atoms with E-state index in [1.54, 1.807) is 0 Å². The Bertz CT molecular complexity index is 499. The summed E-state index contributed by atoms with van der Waals surface area (Å²) in [6, 6.07) is 8.09. The zero-order chi connectivity index (χ0) is 13.5. The number of hydrogen-bond acceptors (Lipinski definition) is 3. The van der Waals surface area contributed by atoms with Crippen LogP contribution in [0.15, 0.2) is 18.2 Å². The van der Waals surface area contributed by atoms with Gasteiger partial charge in [-0.1, -0.05) is 12.1 Å². The molecule has 3 aliphatic rings. The zero-order valence-electron chi connectivity index (χ0n) is 12.2. The van der Waals surface area contributed by atoms with Crippen molar-refractivity contribution >= 4 is 5.69 Å². The molecule has 2 saturated heterocycles. The molecule has 3 heterocycles. The van der Waals surface area contributed by atoms with Crippen molar-refractivity contribution < 1.29 is 0 Å². The Morgan fingerprint density at radius 1 is 1.00 bits per heavy atom. The van der Waals surface area contributed by atoms with E-state index < -0.39 is 0 Å². The number of anilines is 1. The van der Waals surface area contributed by atoms with Crippen molar-refractivity contribution in [2.75, 3.05) is 25.4 Å². The smallest absolute Gasteiger partial charge is 0.0350 e. The third kappa shape index (κ3) is 2.13. The van der Waals surface area contributed by atoms with E-state index in [-0.39, 0.29) is 0 Å². The van der Waals surface area contributed by atoms with Crippen LogP contribution in [0.1, 0.15) is 36.8 Å². The van der Waals surface area contributed by atoms with Gasteiger partial charge in [0.15, 0.2) is 0 Å². The fraction of sp³-hybridized carbons (Fsp3) is 0.647. The minimum absolute atomic E-state index is 0.795. The first-order valence-corrected chi connectivity index (χ1v) is 8.15. The van der Waals surface area contributed by atoms with Crippen LogP contribution in [-0.4, -0.2) is 41.5 Å². The average Bonchev–Trinajstić information content (AvgIpc) is 2.94. The van der Waals surface area contributed by atoms with Gasteiger partial charge in [0.05, 0.1) is 0 Å². The van der Waals surface area contributed by atoms with Crippen LogP contribution in [-0.2, 0) is 13.0 Å². The summed E-state index contributed by atoms with van der Waals surface area (Å²) in [5.41, 5.74) is 9.97. The first kappa shape index (κ1) is 12.7. The highest BCUT2D eigenvalue weighted by molar-refractivity contribution is 5.51. The Labute approximate surface area is 121 Å². The molecule has 2 unspecified atom stereocenters. The number of piperidine rings is 1. The van der Waals surface area contributed by atoms with Gasteiger partial charge in [0.25, 0.3) is 0 Å². The van der Waals surface area contributed by atoms with Crippen molar-refractivity contribution in [2.45, 2.75) is 50.7 Å². The number of hydrogen-bond donors (Lipinski definition) is 1. The molecule has 2 atom stereocenters. The van der Waals surface area contributed by atoms with Gasteiger partial charge in [-0.3, -0.25) is 4.90 Å². The number of nitrogens with two attached hydrogens (primary N) is 1. The lowest BCUT2D eigenvalue weighted by Crippen LogP contribution is -2.48. The lowest BCUT2D eigenvalue weighted by molar-refractivity contribution is 0.0790. The first-order valence-electron chi connectivity index (χ1n) is 8.15. The van der Waals surface area contributed by atoms with Crippen LogP contribution in [0.5, 0.6) is 0 Å². The summed E-state index contributed by atoms with van der Waals surface area (Å²) < 4.78 is 0. The Hall–Kier alpha value is -1.06. The fourth-order valence-electron chi connectivity index (χ4n) is 4.51. The molecule has 1 aromatic carbocycles. The lowest BCUT2D eigenvalue weighted by Gasteiger charge is -2.42. The van der Waals surface area contributed by atoms with Gasteiger partial charge >= 0.3 is 0 Å². The van der Waals surface area contributed by atoms with E-state index >= 15 is 0 Å². The number of fused-ring (bicyclic) bond motifs is 2. The fourth-order valence-corrected chi connectivity index (χ4v) is 4.51. The molecule has 0 saturated carbocycles. The van der Waals surface area contributed by atoms with Crippen molar-refractivity contribution in [3.05, 3.63) is 29.3 Å². The van der Waals surface area contributed by atoms with E-state index in [0.717, 1.165) is 30.7 Å².